The van der Waals surface area contributed by atoms with E-state index in [4.69, 9.17) is 0 Å². The second-order valence-corrected chi connectivity index (χ2v) is 7.42. The summed E-state index contributed by atoms with van der Waals surface area (Å²) in [5, 5.41) is 3.29. The molecule has 1 aromatic rings. The van der Waals surface area contributed by atoms with Gasteiger partial charge in [-0.1, -0.05) is 0 Å². The normalized spacial score (nSPS) is 22.5. The fraction of sp³-hybridized carbons (Fsp3) is 0.778. The third kappa shape index (κ3) is 4.16. The molecule has 1 atom stereocenters. The van der Waals surface area contributed by atoms with Gasteiger partial charge in [-0.3, -0.25) is 4.79 Å². The van der Waals surface area contributed by atoms with Gasteiger partial charge >= 0.3 is 0 Å². The highest BCUT2D eigenvalue weighted by Crippen LogP contribution is 2.28. The Kier molecular flexibility index (Phi) is 5.89. The molecule has 24 heavy (non-hydrogen) atoms. The first-order valence-electron chi connectivity index (χ1n) is 9.30. The quantitative estimate of drug-likeness (QED) is 0.848. The Morgan fingerprint density at radius 2 is 2.12 bits per heavy atom. The van der Waals surface area contributed by atoms with Crippen molar-refractivity contribution in [3.05, 3.63) is 18.2 Å². The van der Waals surface area contributed by atoms with Crippen molar-refractivity contribution in [3.63, 3.8) is 0 Å². The first-order chi connectivity index (χ1) is 11.6. The smallest absolute Gasteiger partial charge is 0.227 e. The maximum absolute atomic E-state index is 12.5. The van der Waals surface area contributed by atoms with E-state index in [0.29, 0.717) is 11.8 Å². The van der Waals surface area contributed by atoms with Crippen molar-refractivity contribution in [3.8, 4) is 0 Å². The molecule has 0 aliphatic carbocycles. The standard InChI is InChI=1S/C18H31N5O/c1-21(2)9-3-10-22-13-8-20-17(22)15-5-11-23(12-6-15)18(24)16-4-7-19-14-16/h8,13,15-16,19H,3-7,9-12,14H2,1-2H3/t16-/m1/s1. The van der Waals surface area contributed by atoms with E-state index in [2.05, 4.69) is 45.0 Å². The zero-order valence-corrected chi connectivity index (χ0v) is 15.1. The third-order valence-corrected chi connectivity index (χ3v) is 5.33. The van der Waals surface area contributed by atoms with Gasteiger partial charge in [-0.25, -0.2) is 4.98 Å². The Bertz CT molecular complexity index is 527. The molecule has 6 heteroatoms. The summed E-state index contributed by atoms with van der Waals surface area (Å²) in [4.78, 5) is 21.4. The van der Waals surface area contributed by atoms with Gasteiger partial charge in [0, 0.05) is 44.5 Å². The summed E-state index contributed by atoms with van der Waals surface area (Å²) in [6, 6.07) is 0. The van der Waals surface area contributed by atoms with Crippen LogP contribution in [0.3, 0.4) is 0 Å². The fourth-order valence-corrected chi connectivity index (χ4v) is 3.91. The maximum atomic E-state index is 12.5. The lowest BCUT2D eigenvalue weighted by atomic mass is 9.94. The van der Waals surface area contributed by atoms with Gasteiger partial charge in [0.15, 0.2) is 0 Å². The molecule has 3 heterocycles. The van der Waals surface area contributed by atoms with E-state index in [1.54, 1.807) is 0 Å². The van der Waals surface area contributed by atoms with E-state index in [1.807, 2.05) is 6.20 Å². The van der Waals surface area contributed by atoms with Crippen LogP contribution in [0.5, 0.6) is 0 Å². The SMILES string of the molecule is CN(C)CCCn1ccnc1C1CCN(C(=O)[C@@H]2CCNC2)CC1. The number of hydrogen-bond acceptors (Lipinski definition) is 4. The van der Waals surface area contributed by atoms with Gasteiger partial charge in [-0.05, 0) is 52.9 Å². The Morgan fingerprint density at radius 3 is 2.79 bits per heavy atom. The molecule has 3 rings (SSSR count). The summed E-state index contributed by atoms with van der Waals surface area (Å²) < 4.78 is 2.31. The number of amides is 1. The summed E-state index contributed by atoms with van der Waals surface area (Å²) in [6.45, 7) is 5.72. The molecule has 6 nitrogen and oxygen atoms in total. The highest BCUT2D eigenvalue weighted by molar-refractivity contribution is 5.79. The second kappa shape index (κ2) is 8.12. The number of aryl methyl sites for hydroxylation is 1. The number of aromatic nitrogens is 2. The summed E-state index contributed by atoms with van der Waals surface area (Å²) in [5.41, 5.74) is 0. The second-order valence-electron chi connectivity index (χ2n) is 7.42. The molecule has 2 fully saturated rings. The maximum Gasteiger partial charge on any atom is 0.227 e. The van der Waals surface area contributed by atoms with Gasteiger partial charge in [0.05, 0.1) is 5.92 Å². The molecule has 1 N–H and O–H groups in total. The van der Waals surface area contributed by atoms with Gasteiger partial charge in [0.2, 0.25) is 5.91 Å². The number of nitrogens with zero attached hydrogens (tertiary/aromatic N) is 4. The number of piperidine rings is 1. The van der Waals surface area contributed by atoms with Crippen molar-refractivity contribution in [1.29, 1.82) is 0 Å². The van der Waals surface area contributed by atoms with Crippen LogP contribution < -0.4 is 5.32 Å². The van der Waals surface area contributed by atoms with Gasteiger partial charge < -0.3 is 19.7 Å². The zero-order valence-electron chi connectivity index (χ0n) is 15.1. The predicted octanol–water partition coefficient (Wildman–Crippen LogP) is 1.15. The van der Waals surface area contributed by atoms with Crippen LogP contribution in [0, 0.1) is 5.92 Å². The van der Waals surface area contributed by atoms with Crippen LogP contribution in [0.4, 0.5) is 0 Å². The molecule has 0 unspecified atom stereocenters. The minimum atomic E-state index is 0.203. The number of likely N-dealkylation sites (tertiary alicyclic amines) is 1. The van der Waals surface area contributed by atoms with Gasteiger partial charge in [0.1, 0.15) is 5.82 Å². The Balaban J connectivity index is 1.51. The van der Waals surface area contributed by atoms with Crippen LogP contribution in [0.2, 0.25) is 0 Å². The van der Waals surface area contributed by atoms with Crippen LogP contribution in [0.25, 0.3) is 0 Å². The van der Waals surface area contributed by atoms with Crippen LogP contribution >= 0.6 is 0 Å². The first-order valence-corrected chi connectivity index (χ1v) is 9.30. The number of carbonyl (C=O) groups is 1. The van der Waals surface area contributed by atoms with Crippen molar-refractivity contribution in [2.75, 3.05) is 46.8 Å². The minimum absolute atomic E-state index is 0.203. The lowest BCUT2D eigenvalue weighted by Crippen LogP contribution is -2.42. The number of imidazole rings is 1. The number of nitrogens with one attached hydrogen (secondary N) is 1. The van der Waals surface area contributed by atoms with E-state index in [0.717, 1.165) is 65.0 Å². The van der Waals surface area contributed by atoms with Crippen LogP contribution in [-0.2, 0) is 11.3 Å². The number of carbonyl (C=O) groups excluding carboxylic acids is 1. The molecular formula is C18H31N5O. The van der Waals surface area contributed by atoms with E-state index >= 15 is 0 Å². The molecule has 1 aromatic heterocycles. The third-order valence-electron chi connectivity index (χ3n) is 5.33. The fourth-order valence-electron chi connectivity index (χ4n) is 3.91. The average molecular weight is 333 g/mol. The molecule has 0 bridgehead atoms. The van der Waals surface area contributed by atoms with Crippen LogP contribution in [0.1, 0.15) is 37.4 Å². The Morgan fingerprint density at radius 1 is 1.33 bits per heavy atom. The zero-order chi connectivity index (χ0) is 16.9. The monoisotopic (exact) mass is 333 g/mol. The van der Waals surface area contributed by atoms with Crippen molar-refractivity contribution in [2.45, 2.75) is 38.1 Å². The predicted molar refractivity (Wildman–Crippen MR) is 94.9 cm³/mol. The van der Waals surface area contributed by atoms with E-state index in [1.165, 1.54) is 5.82 Å². The number of rotatable bonds is 6. The largest absolute Gasteiger partial charge is 0.342 e. The molecule has 0 spiro atoms. The lowest BCUT2D eigenvalue weighted by molar-refractivity contribution is -0.136. The first kappa shape index (κ1) is 17.4. The van der Waals surface area contributed by atoms with E-state index in [-0.39, 0.29) is 5.92 Å². The van der Waals surface area contributed by atoms with Crippen molar-refractivity contribution < 1.29 is 4.79 Å². The Labute approximate surface area is 145 Å². The van der Waals surface area contributed by atoms with Crippen molar-refractivity contribution in [1.82, 2.24) is 24.7 Å². The summed E-state index contributed by atoms with van der Waals surface area (Å²) in [5.74, 6) is 2.26. The molecule has 2 saturated heterocycles. The molecular weight excluding hydrogens is 302 g/mol. The highest BCUT2D eigenvalue weighted by Gasteiger charge is 2.31. The molecule has 2 aliphatic rings. The van der Waals surface area contributed by atoms with Crippen molar-refractivity contribution in [2.24, 2.45) is 5.92 Å². The van der Waals surface area contributed by atoms with Crippen LogP contribution in [-0.4, -0.2) is 72.1 Å². The molecule has 0 saturated carbocycles. The molecule has 1 amide bonds. The lowest BCUT2D eigenvalue weighted by Gasteiger charge is -2.33. The Hall–Kier alpha value is -1.40. The van der Waals surface area contributed by atoms with E-state index < -0.39 is 0 Å². The van der Waals surface area contributed by atoms with E-state index in [9.17, 15) is 4.79 Å². The van der Waals surface area contributed by atoms with Crippen LogP contribution in [0.15, 0.2) is 12.4 Å². The molecule has 0 radical (unpaired) electrons. The van der Waals surface area contributed by atoms with Gasteiger partial charge in [0.25, 0.3) is 0 Å². The molecule has 2 aliphatic heterocycles. The van der Waals surface area contributed by atoms with Gasteiger partial charge in [-0.2, -0.15) is 0 Å². The minimum Gasteiger partial charge on any atom is -0.342 e. The molecule has 134 valence electrons. The highest BCUT2D eigenvalue weighted by atomic mass is 16.2. The average Bonchev–Trinajstić information content (AvgIpc) is 3.26. The molecule has 0 aromatic carbocycles. The number of hydrogen-bond donors (Lipinski definition) is 1. The summed E-state index contributed by atoms with van der Waals surface area (Å²) >= 11 is 0. The topological polar surface area (TPSA) is 53.4 Å². The van der Waals surface area contributed by atoms with Gasteiger partial charge in [-0.15, -0.1) is 0 Å². The summed E-state index contributed by atoms with van der Waals surface area (Å²) in [7, 11) is 4.23. The van der Waals surface area contributed by atoms with Crippen molar-refractivity contribution >= 4 is 5.91 Å². The summed E-state index contributed by atoms with van der Waals surface area (Å²) in [6.07, 6.45) is 8.24.